The standard InChI is InChI=1S/C14H13N3O2/c1-16-14(18)10-3-2-4-11(7-10)17-9-13-6-5-12(8-15)19-13/h2-7,17H,9H2,1H3,(H,16,18). The van der Waals surface area contributed by atoms with Gasteiger partial charge in [0.05, 0.1) is 6.54 Å². The molecule has 96 valence electrons. The molecule has 0 radical (unpaired) electrons. The lowest BCUT2D eigenvalue weighted by Gasteiger charge is -2.06. The van der Waals surface area contributed by atoms with E-state index in [1.54, 1.807) is 37.4 Å². The van der Waals surface area contributed by atoms with Crippen LogP contribution in [-0.2, 0) is 6.54 Å². The first-order valence-electron chi connectivity index (χ1n) is 5.78. The van der Waals surface area contributed by atoms with Crippen LogP contribution in [0.4, 0.5) is 5.69 Å². The minimum Gasteiger partial charge on any atom is -0.449 e. The SMILES string of the molecule is CNC(=O)c1cccc(NCc2ccc(C#N)o2)c1. The van der Waals surface area contributed by atoms with Crippen molar-refractivity contribution in [2.75, 3.05) is 12.4 Å². The molecule has 1 amide bonds. The van der Waals surface area contributed by atoms with E-state index in [1.807, 2.05) is 12.1 Å². The summed E-state index contributed by atoms with van der Waals surface area (Å²) in [6, 6.07) is 12.5. The number of rotatable bonds is 4. The minimum atomic E-state index is -0.131. The molecule has 0 atom stereocenters. The predicted octanol–water partition coefficient (Wildman–Crippen LogP) is 2.12. The van der Waals surface area contributed by atoms with Crippen LogP contribution >= 0.6 is 0 Å². The number of amides is 1. The van der Waals surface area contributed by atoms with Gasteiger partial charge in [-0.15, -0.1) is 0 Å². The first-order chi connectivity index (χ1) is 9.22. The van der Waals surface area contributed by atoms with Crippen LogP contribution < -0.4 is 10.6 Å². The van der Waals surface area contributed by atoms with Gasteiger partial charge in [-0.25, -0.2) is 0 Å². The molecule has 1 aromatic heterocycles. The van der Waals surface area contributed by atoms with Gasteiger partial charge >= 0.3 is 0 Å². The van der Waals surface area contributed by atoms with Gasteiger partial charge in [0.1, 0.15) is 11.8 Å². The summed E-state index contributed by atoms with van der Waals surface area (Å²) in [5.74, 6) is 0.825. The average Bonchev–Trinajstić information content (AvgIpc) is 2.92. The van der Waals surface area contributed by atoms with Crippen LogP contribution in [0.5, 0.6) is 0 Å². The van der Waals surface area contributed by atoms with E-state index >= 15 is 0 Å². The Labute approximate surface area is 110 Å². The Balaban J connectivity index is 2.03. The Bertz CT molecular complexity index is 626. The van der Waals surface area contributed by atoms with E-state index in [0.29, 0.717) is 17.9 Å². The van der Waals surface area contributed by atoms with Crippen LogP contribution in [0.1, 0.15) is 21.9 Å². The second-order valence-corrected chi connectivity index (χ2v) is 3.89. The highest BCUT2D eigenvalue weighted by atomic mass is 16.3. The summed E-state index contributed by atoms with van der Waals surface area (Å²) in [5.41, 5.74) is 1.40. The summed E-state index contributed by atoms with van der Waals surface area (Å²) in [4.78, 5) is 11.5. The van der Waals surface area contributed by atoms with E-state index < -0.39 is 0 Å². The van der Waals surface area contributed by atoms with Gasteiger partial charge in [0.15, 0.2) is 0 Å². The topological polar surface area (TPSA) is 78.1 Å². The highest BCUT2D eigenvalue weighted by molar-refractivity contribution is 5.94. The summed E-state index contributed by atoms with van der Waals surface area (Å²) in [6.45, 7) is 0.457. The second kappa shape index (κ2) is 5.74. The van der Waals surface area contributed by atoms with Crippen LogP contribution in [0.15, 0.2) is 40.8 Å². The lowest BCUT2D eigenvalue weighted by molar-refractivity contribution is 0.0963. The maximum atomic E-state index is 11.5. The molecule has 0 saturated carbocycles. The number of benzene rings is 1. The molecule has 0 aliphatic heterocycles. The maximum Gasteiger partial charge on any atom is 0.251 e. The van der Waals surface area contributed by atoms with Crippen LogP contribution in [-0.4, -0.2) is 13.0 Å². The minimum absolute atomic E-state index is 0.131. The molecule has 0 spiro atoms. The number of carbonyl (C=O) groups excluding carboxylic acids is 1. The monoisotopic (exact) mass is 255 g/mol. The highest BCUT2D eigenvalue weighted by Gasteiger charge is 2.04. The van der Waals surface area contributed by atoms with E-state index in [-0.39, 0.29) is 11.7 Å². The van der Waals surface area contributed by atoms with Gasteiger partial charge in [-0.3, -0.25) is 4.79 Å². The zero-order chi connectivity index (χ0) is 13.7. The Kier molecular flexibility index (Phi) is 3.84. The molecular weight excluding hydrogens is 242 g/mol. The molecule has 5 nitrogen and oxygen atoms in total. The molecule has 0 unspecified atom stereocenters. The third-order valence-electron chi connectivity index (χ3n) is 2.59. The van der Waals surface area contributed by atoms with Crippen molar-refractivity contribution in [1.82, 2.24) is 5.32 Å². The number of hydrogen-bond donors (Lipinski definition) is 2. The zero-order valence-corrected chi connectivity index (χ0v) is 10.4. The highest BCUT2D eigenvalue weighted by Crippen LogP contribution is 2.13. The third-order valence-corrected chi connectivity index (χ3v) is 2.59. The van der Waals surface area contributed by atoms with Crippen molar-refractivity contribution in [3.63, 3.8) is 0 Å². The van der Waals surface area contributed by atoms with Gasteiger partial charge in [0.2, 0.25) is 5.76 Å². The van der Waals surface area contributed by atoms with E-state index in [9.17, 15) is 4.79 Å². The van der Waals surface area contributed by atoms with Crippen LogP contribution in [0.25, 0.3) is 0 Å². The summed E-state index contributed by atoms with van der Waals surface area (Å²) in [6.07, 6.45) is 0. The number of furan rings is 1. The van der Waals surface area contributed by atoms with Crippen molar-refractivity contribution in [2.45, 2.75) is 6.54 Å². The van der Waals surface area contributed by atoms with Crippen molar-refractivity contribution >= 4 is 11.6 Å². The lowest BCUT2D eigenvalue weighted by Crippen LogP contribution is -2.17. The molecule has 0 saturated heterocycles. The molecule has 0 aliphatic carbocycles. The first kappa shape index (κ1) is 12.7. The molecule has 2 N–H and O–H groups in total. The van der Waals surface area contributed by atoms with Crippen molar-refractivity contribution in [2.24, 2.45) is 0 Å². The van der Waals surface area contributed by atoms with E-state index in [0.717, 1.165) is 5.69 Å². The second-order valence-electron chi connectivity index (χ2n) is 3.89. The zero-order valence-electron chi connectivity index (χ0n) is 10.4. The van der Waals surface area contributed by atoms with Gasteiger partial charge in [-0.05, 0) is 30.3 Å². The quantitative estimate of drug-likeness (QED) is 0.877. The number of nitriles is 1. The molecule has 19 heavy (non-hydrogen) atoms. The van der Waals surface area contributed by atoms with Crippen molar-refractivity contribution in [3.8, 4) is 6.07 Å². The summed E-state index contributed by atoms with van der Waals surface area (Å²) in [7, 11) is 1.59. The number of hydrogen-bond acceptors (Lipinski definition) is 4. The Morgan fingerprint density at radius 2 is 2.21 bits per heavy atom. The van der Waals surface area contributed by atoms with Gasteiger partial charge in [0.25, 0.3) is 5.91 Å². The van der Waals surface area contributed by atoms with Gasteiger partial charge in [0, 0.05) is 18.3 Å². The van der Waals surface area contributed by atoms with Gasteiger partial charge in [-0.1, -0.05) is 6.07 Å². The van der Waals surface area contributed by atoms with E-state index in [2.05, 4.69) is 10.6 Å². The number of anilines is 1. The summed E-state index contributed by atoms with van der Waals surface area (Å²) < 4.78 is 5.25. The Morgan fingerprint density at radius 3 is 2.89 bits per heavy atom. The molecule has 5 heteroatoms. The number of nitrogens with zero attached hydrogens (tertiary/aromatic N) is 1. The fraction of sp³-hybridized carbons (Fsp3) is 0.143. The van der Waals surface area contributed by atoms with Gasteiger partial charge < -0.3 is 15.1 Å². The van der Waals surface area contributed by atoms with Crippen molar-refractivity contribution in [1.29, 1.82) is 5.26 Å². The average molecular weight is 255 g/mol. The fourth-order valence-electron chi connectivity index (χ4n) is 1.64. The van der Waals surface area contributed by atoms with Crippen molar-refractivity contribution in [3.05, 3.63) is 53.5 Å². The molecule has 1 heterocycles. The first-order valence-corrected chi connectivity index (χ1v) is 5.78. The van der Waals surface area contributed by atoms with E-state index in [1.165, 1.54) is 0 Å². The molecule has 0 bridgehead atoms. The fourth-order valence-corrected chi connectivity index (χ4v) is 1.64. The molecule has 1 aromatic carbocycles. The normalized spacial score (nSPS) is 9.68. The van der Waals surface area contributed by atoms with Crippen LogP contribution in [0.2, 0.25) is 0 Å². The van der Waals surface area contributed by atoms with Crippen LogP contribution in [0.3, 0.4) is 0 Å². The summed E-state index contributed by atoms with van der Waals surface area (Å²) in [5, 5.41) is 14.4. The lowest BCUT2D eigenvalue weighted by atomic mass is 10.2. The smallest absolute Gasteiger partial charge is 0.251 e. The summed E-state index contributed by atoms with van der Waals surface area (Å²) >= 11 is 0. The number of nitrogens with one attached hydrogen (secondary N) is 2. The van der Waals surface area contributed by atoms with Crippen molar-refractivity contribution < 1.29 is 9.21 Å². The van der Waals surface area contributed by atoms with Gasteiger partial charge in [-0.2, -0.15) is 5.26 Å². The molecule has 2 aromatic rings. The molecule has 0 aliphatic rings. The Morgan fingerprint density at radius 1 is 1.37 bits per heavy atom. The Hall–Kier alpha value is -2.74. The van der Waals surface area contributed by atoms with E-state index in [4.69, 9.17) is 9.68 Å². The molecule has 0 fully saturated rings. The largest absolute Gasteiger partial charge is 0.449 e. The molecule has 2 rings (SSSR count). The predicted molar refractivity (Wildman–Crippen MR) is 70.6 cm³/mol. The van der Waals surface area contributed by atoms with Crippen LogP contribution in [0, 0.1) is 11.3 Å². The number of carbonyl (C=O) groups is 1. The maximum absolute atomic E-state index is 11.5. The molecular formula is C14H13N3O2. The third kappa shape index (κ3) is 3.13.